The Kier molecular flexibility index (Phi) is 4.60. The quantitative estimate of drug-likeness (QED) is 0.372. The molecule has 0 saturated carbocycles. The Morgan fingerprint density at radius 2 is 1.70 bits per heavy atom. The van der Waals surface area contributed by atoms with Gasteiger partial charge in [0.1, 0.15) is 5.75 Å². The smallest absolute Gasteiger partial charge is 0.353 e. The molecule has 0 fully saturated rings. The second kappa shape index (κ2) is 7.27. The Hall–Kier alpha value is -4.00. The molecule has 2 aliphatic heterocycles. The maximum atomic E-state index is 11.8. The van der Waals surface area contributed by atoms with Crippen molar-refractivity contribution in [2.45, 2.75) is 25.0 Å². The van der Waals surface area contributed by atoms with Crippen LogP contribution in [0.3, 0.4) is 0 Å². The number of rotatable bonds is 4. The molecule has 7 heteroatoms. The van der Waals surface area contributed by atoms with Crippen LogP contribution in [0.4, 0.5) is 17.1 Å². The molecule has 1 atom stereocenters. The van der Waals surface area contributed by atoms with E-state index in [4.69, 9.17) is 14.2 Å². The highest BCUT2D eigenvalue weighted by molar-refractivity contribution is 5.82. The first-order valence-corrected chi connectivity index (χ1v) is 10.6. The molecule has 5 rings (SSSR count). The van der Waals surface area contributed by atoms with Crippen LogP contribution in [0.15, 0.2) is 66.7 Å². The molecule has 0 aromatic heterocycles. The first-order chi connectivity index (χ1) is 15.9. The minimum absolute atomic E-state index is 0.0839. The van der Waals surface area contributed by atoms with Gasteiger partial charge in [-0.1, -0.05) is 36.4 Å². The van der Waals surface area contributed by atoms with E-state index in [9.17, 15) is 10.1 Å². The largest absolute Gasteiger partial charge is 0.490 e. The van der Waals surface area contributed by atoms with Crippen LogP contribution in [-0.4, -0.2) is 24.9 Å². The van der Waals surface area contributed by atoms with Gasteiger partial charge in [0, 0.05) is 17.4 Å². The molecule has 0 aliphatic carbocycles. The third-order valence-electron chi connectivity index (χ3n) is 6.63. The molecule has 33 heavy (non-hydrogen) atoms. The summed E-state index contributed by atoms with van der Waals surface area (Å²) < 4.78 is 17.6. The molecule has 2 aliphatic rings. The number of benzene rings is 3. The Bertz CT molecular complexity index is 1290. The van der Waals surface area contributed by atoms with Gasteiger partial charge in [0.2, 0.25) is 17.2 Å². The van der Waals surface area contributed by atoms with Crippen molar-refractivity contribution in [3.05, 3.63) is 88.0 Å². The average molecular weight is 444 g/mol. The number of ether oxygens (including phenoxy) is 3. The first kappa shape index (κ1) is 20.9. The van der Waals surface area contributed by atoms with Crippen molar-refractivity contribution in [1.29, 1.82) is 0 Å². The monoisotopic (exact) mass is 444 g/mol. The van der Waals surface area contributed by atoms with Gasteiger partial charge in [-0.05, 0) is 49.8 Å². The van der Waals surface area contributed by atoms with Crippen LogP contribution in [0, 0.1) is 10.1 Å². The summed E-state index contributed by atoms with van der Waals surface area (Å²) in [5, 5.41) is 11.8. The van der Waals surface area contributed by atoms with Crippen molar-refractivity contribution in [2.24, 2.45) is 0 Å². The molecule has 0 bridgehead atoms. The molecule has 0 radical (unpaired) electrons. The van der Waals surface area contributed by atoms with Gasteiger partial charge in [-0.2, -0.15) is 0 Å². The number of hydrogen-bond acceptors (Lipinski definition) is 6. The average Bonchev–Trinajstić information content (AvgIpc) is 3.01. The predicted molar refractivity (Wildman–Crippen MR) is 127 cm³/mol. The standard InChI is InChI=1S/C26H24N2O5/c1-25(2)19-12-8-9-13-20(19)27(17-10-6-5-7-11-17)26(25)15-14-18-21(33-26)16-22(31-3)23(28(29)30)24(18)32-4/h5-16H,1-4H3/t26-/m0/s1. The lowest BCUT2D eigenvalue weighted by atomic mass is 9.76. The summed E-state index contributed by atoms with van der Waals surface area (Å²) in [5.74, 6) is 0.652. The van der Waals surface area contributed by atoms with Crippen molar-refractivity contribution in [3.8, 4) is 17.2 Å². The normalized spacial score (nSPS) is 19.6. The first-order valence-electron chi connectivity index (χ1n) is 10.6. The Balaban J connectivity index is 1.77. The van der Waals surface area contributed by atoms with Crippen LogP contribution in [0.1, 0.15) is 25.0 Å². The van der Waals surface area contributed by atoms with Gasteiger partial charge in [-0.25, -0.2) is 0 Å². The Labute approximate surface area is 192 Å². The summed E-state index contributed by atoms with van der Waals surface area (Å²) in [6, 6.07) is 19.9. The summed E-state index contributed by atoms with van der Waals surface area (Å²) in [4.78, 5) is 13.4. The maximum Gasteiger partial charge on any atom is 0.353 e. The van der Waals surface area contributed by atoms with E-state index in [1.807, 2.05) is 54.6 Å². The summed E-state index contributed by atoms with van der Waals surface area (Å²) in [6.07, 6.45) is 3.83. The third-order valence-corrected chi connectivity index (χ3v) is 6.63. The number of fused-ring (bicyclic) bond motifs is 2. The molecular weight excluding hydrogens is 420 g/mol. The van der Waals surface area contributed by atoms with Crippen molar-refractivity contribution in [2.75, 3.05) is 19.1 Å². The number of nitro groups is 1. The molecular formula is C26H24N2O5. The fourth-order valence-corrected chi connectivity index (χ4v) is 5.00. The molecule has 2 heterocycles. The molecule has 168 valence electrons. The molecule has 0 saturated heterocycles. The van der Waals surface area contributed by atoms with E-state index in [0.29, 0.717) is 11.3 Å². The van der Waals surface area contributed by atoms with E-state index in [2.05, 4.69) is 30.9 Å². The van der Waals surface area contributed by atoms with Gasteiger partial charge in [0.25, 0.3) is 0 Å². The SMILES string of the molecule is COc1cc2c(c(OC)c1[N+](=O)[O-])C=C[C@@]1(O2)N(c2ccccc2)c2ccccc2C1(C)C. The summed E-state index contributed by atoms with van der Waals surface area (Å²) in [5.41, 5.74) is 2.06. The van der Waals surface area contributed by atoms with E-state index in [1.54, 1.807) is 6.07 Å². The molecule has 3 aromatic rings. The van der Waals surface area contributed by atoms with Crippen LogP contribution >= 0.6 is 0 Å². The second-order valence-corrected chi connectivity index (χ2v) is 8.57. The van der Waals surface area contributed by atoms with Crippen LogP contribution in [0.25, 0.3) is 6.08 Å². The fraction of sp³-hybridized carbons (Fsp3) is 0.231. The molecule has 0 N–H and O–H groups in total. The van der Waals surface area contributed by atoms with Crippen molar-refractivity contribution in [3.63, 3.8) is 0 Å². The fourth-order valence-electron chi connectivity index (χ4n) is 5.00. The van der Waals surface area contributed by atoms with Gasteiger partial charge in [0.05, 0.1) is 30.1 Å². The molecule has 7 nitrogen and oxygen atoms in total. The van der Waals surface area contributed by atoms with Gasteiger partial charge < -0.3 is 14.2 Å². The van der Waals surface area contributed by atoms with E-state index in [-0.39, 0.29) is 17.2 Å². The predicted octanol–water partition coefficient (Wildman–Crippen LogP) is 5.84. The highest BCUT2D eigenvalue weighted by Crippen LogP contribution is 2.59. The maximum absolute atomic E-state index is 11.8. The van der Waals surface area contributed by atoms with Gasteiger partial charge in [0.15, 0.2) is 0 Å². The van der Waals surface area contributed by atoms with Crippen LogP contribution in [0.5, 0.6) is 17.2 Å². The molecule has 0 amide bonds. The minimum Gasteiger partial charge on any atom is -0.490 e. The Morgan fingerprint density at radius 3 is 2.36 bits per heavy atom. The van der Waals surface area contributed by atoms with E-state index >= 15 is 0 Å². The zero-order valence-corrected chi connectivity index (χ0v) is 18.9. The zero-order chi connectivity index (χ0) is 23.4. The highest BCUT2D eigenvalue weighted by Gasteiger charge is 2.59. The minimum atomic E-state index is -0.919. The van der Waals surface area contributed by atoms with Crippen molar-refractivity contribution < 1.29 is 19.1 Å². The highest BCUT2D eigenvalue weighted by atomic mass is 16.6. The summed E-state index contributed by atoms with van der Waals surface area (Å²) >= 11 is 0. The van der Waals surface area contributed by atoms with Crippen LogP contribution < -0.4 is 19.1 Å². The van der Waals surface area contributed by atoms with Gasteiger partial charge in [-0.15, -0.1) is 0 Å². The Morgan fingerprint density at radius 1 is 1.00 bits per heavy atom. The van der Waals surface area contributed by atoms with E-state index in [1.165, 1.54) is 14.2 Å². The van der Waals surface area contributed by atoms with Crippen molar-refractivity contribution >= 4 is 23.1 Å². The number of para-hydroxylation sites is 2. The number of nitro benzene ring substituents is 1. The van der Waals surface area contributed by atoms with Crippen molar-refractivity contribution in [1.82, 2.24) is 0 Å². The topological polar surface area (TPSA) is 74.1 Å². The number of nitrogens with zero attached hydrogens (tertiary/aromatic N) is 2. The lowest BCUT2D eigenvalue weighted by Gasteiger charge is -2.47. The summed E-state index contributed by atoms with van der Waals surface area (Å²) in [7, 11) is 2.81. The van der Waals surface area contributed by atoms with E-state index < -0.39 is 16.1 Å². The van der Waals surface area contributed by atoms with Gasteiger partial charge in [-0.3, -0.25) is 15.0 Å². The van der Waals surface area contributed by atoms with Crippen LogP contribution in [0.2, 0.25) is 0 Å². The number of anilines is 2. The molecule has 0 unspecified atom stereocenters. The van der Waals surface area contributed by atoms with Gasteiger partial charge >= 0.3 is 5.69 Å². The van der Waals surface area contributed by atoms with E-state index in [0.717, 1.165) is 16.9 Å². The number of hydrogen-bond donors (Lipinski definition) is 0. The lowest BCUT2D eigenvalue weighted by Crippen LogP contribution is -2.57. The molecule has 3 aromatic carbocycles. The molecule has 1 spiro atoms. The van der Waals surface area contributed by atoms with Crippen LogP contribution in [-0.2, 0) is 5.41 Å². The lowest BCUT2D eigenvalue weighted by molar-refractivity contribution is -0.386. The summed E-state index contributed by atoms with van der Waals surface area (Å²) in [6.45, 7) is 4.29. The second-order valence-electron chi connectivity index (χ2n) is 8.57. The number of methoxy groups -OCH3 is 2. The third kappa shape index (κ3) is 2.75. The zero-order valence-electron chi connectivity index (χ0n) is 18.9.